The van der Waals surface area contributed by atoms with E-state index in [1.807, 2.05) is 7.11 Å². The maximum absolute atomic E-state index is 5.65. The summed E-state index contributed by atoms with van der Waals surface area (Å²) < 4.78 is 11.2. The largest absolute Gasteiger partial charge is 0.381 e. The van der Waals surface area contributed by atoms with Crippen LogP contribution in [0.4, 0.5) is 11.4 Å². The molecule has 0 aromatic heterocycles. The van der Waals surface area contributed by atoms with Crippen LogP contribution in [0.2, 0.25) is 0 Å². The Labute approximate surface area is 239 Å². The van der Waals surface area contributed by atoms with E-state index in [0.29, 0.717) is 22.9 Å². The Kier molecular flexibility index (Phi) is 9.98. The molecule has 4 fully saturated rings. The summed E-state index contributed by atoms with van der Waals surface area (Å²) in [7, 11) is 1.86. The number of nitrogens with zero attached hydrogens (tertiary/aromatic N) is 3. The van der Waals surface area contributed by atoms with Gasteiger partial charge in [0.05, 0.1) is 6.10 Å². The Morgan fingerprint density at radius 2 is 1.47 bits per heavy atom. The van der Waals surface area contributed by atoms with E-state index >= 15 is 0 Å². The summed E-state index contributed by atoms with van der Waals surface area (Å²) in [5, 5.41) is 0. The van der Waals surface area contributed by atoms with Crippen LogP contribution < -0.4 is 9.80 Å². The number of benzene rings is 1. The first-order valence-corrected chi connectivity index (χ1v) is 15.2. The number of methoxy groups -OCH3 is 1. The molecule has 1 saturated carbocycles. The smallest absolute Gasteiger partial charge is 0.0605 e. The van der Waals surface area contributed by atoms with Crippen molar-refractivity contribution in [2.24, 2.45) is 16.7 Å². The van der Waals surface area contributed by atoms with Crippen molar-refractivity contribution in [3.05, 3.63) is 23.8 Å². The molecule has 1 aromatic rings. The number of hydrogen-bond acceptors (Lipinski definition) is 5. The normalized spacial score (nSPS) is 25.8. The molecule has 1 aliphatic carbocycles. The maximum atomic E-state index is 5.65. The van der Waals surface area contributed by atoms with Crippen molar-refractivity contribution in [3.63, 3.8) is 0 Å². The lowest BCUT2D eigenvalue weighted by molar-refractivity contribution is 0.0517. The van der Waals surface area contributed by atoms with Gasteiger partial charge in [0.25, 0.3) is 0 Å². The Morgan fingerprint density at radius 3 is 2.08 bits per heavy atom. The molecule has 3 aliphatic heterocycles. The fraction of sp³-hybridized carbons (Fsp3) is 0.812. The number of anilines is 2. The van der Waals surface area contributed by atoms with Crippen LogP contribution in [-0.2, 0) is 9.47 Å². The SMILES string of the molecule is COC1CCN(c2ccc(N3CCN(CC4CCOCC4)CC3)c(C3CC(C)(C)CC(C)(C)C3)c2)CC1.Cl. The van der Waals surface area contributed by atoms with Crippen LogP contribution in [0.25, 0.3) is 0 Å². The number of rotatable bonds is 6. The van der Waals surface area contributed by atoms with Crippen molar-refractivity contribution in [1.29, 1.82) is 0 Å². The van der Waals surface area contributed by atoms with Gasteiger partial charge in [0.2, 0.25) is 0 Å². The predicted octanol–water partition coefficient (Wildman–Crippen LogP) is 6.59. The average molecular weight is 548 g/mol. The quantitative estimate of drug-likeness (QED) is 0.400. The zero-order valence-corrected chi connectivity index (χ0v) is 25.7. The van der Waals surface area contributed by atoms with Crippen LogP contribution in [0, 0.1) is 16.7 Å². The third kappa shape index (κ3) is 7.38. The first-order valence-electron chi connectivity index (χ1n) is 15.2. The summed E-state index contributed by atoms with van der Waals surface area (Å²) in [6.45, 7) is 20.0. The highest BCUT2D eigenvalue weighted by Gasteiger charge is 2.40. The van der Waals surface area contributed by atoms with Crippen molar-refractivity contribution in [2.75, 3.05) is 75.9 Å². The van der Waals surface area contributed by atoms with Crippen LogP contribution in [-0.4, -0.2) is 77.1 Å². The number of piperazine rings is 1. The molecule has 0 bridgehead atoms. The third-order valence-corrected chi connectivity index (χ3v) is 9.72. The monoisotopic (exact) mass is 547 g/mol. The molecule has 3 heterocycles. The molecule has 0 radical (unpaired) electrons. The molecule has 0 amide bonds. The maximum Gasteiger partial charge on any atom is 0.0605 e. The molecular weight excluding hydrogens is 494 g/mol. The molecule has 0 spiro atoms. The van der Waals surface area contributed by atoms with E-state index in [1.165, 1.54) is 63.1 Å². The highest BCUT2D eigenvalue weighted by atomic mass is 35.5. The van der Waals surface area contributed by atoms with Gasteiger partial charge in [0, 0.05) is 77.5 Å². The van der Waals surface area contributed by atoms with Crippen molar-refractivity contribution in [2.45, 2.75) is 84.7 Å². The molecule has 4 aliphatic rings. The van der Waals surface area contributed by atoms with E-state index in [2.05, 4.69) is 60.6 Å². The predicted molar refractivity (Wildman–Crippen MR) is 162 cm³/mol. The molecule has 0 unspecified atom stereocenters. The minimum atomic E-state index is 0. The van der Waals surface area contributed by atoms with Gasteiger partial charge in [0.15, 0.2) is 0 Å². The Hall–Kier alpha value is -1.01. The fourth-order valence-corrected chi connectivity index (χ4v) is 8.23. The minimum Gasteiger partial charge on any atom is -0.381 e. The third-order valence-electron chi connectivity index (χ3n) is 9.72. The van der Waals surface area contributed by atoms with Crippen LogP contribution in [0.3, 0.4) is 0 Å². The summed E-state index contributed by atoms with van der Waals surface area (Å²) in [4.78, 5) is 8.03. The second kappa shape index (κ2) is 12.7. The summed E-state index contributed by atoms with van der Waals surface area (Å²) >= 11 is 0. The van der Waals surface area contributed by atoms with Gasteiger partial charge < -0.3 is 19.3 Å². The topological polar surface area (TPSA) is 28.2 Å². The van der Waals surface area contributed by atoms with Gasteiger partial charge in [-0.2, -0.15) is 0 Å². The zero-order chi connectivity index (χ0) is 26.0. The van der Waals surface area contributed by atoms with Gasteiger partial charge in [-0.3, -0.25) is 4.90 Å². The number of piperidine rings is 1. The fourth-order valence-electron chi connectivity index (χ4n) is 8.23. The molecule has 5 rings (SSSR count). The van der Waals surface area contributed by atoms with Gasteiger partial charge in [-0.25, -0.2) is 0 Å². The van der Waals surface area contributed by atoms with E-state index in [-0.39, 0.29) is 12.4 Å². The van der Waals surface area contributed by atoms with Crippen molar-refractivity contribution in [3.8, 4) is 0 Å². The Bertz CT molecular complexity index is 869. The molecule has 1 aromatic carbocycles. The lowest BCUT2D eigenvalue weighted by Crippen LogP contribution is -2.48. The molecule has 6 heteroatoms. The first kappa shape index (κ1) is 30.0. The van der Waals surface area contributed by atoms with Crippen molar-refractivity contribution in [1.82, 2.24) is 4.90 Å². The van der Waals surface area contributed by atoms with Crippen molar-refractivity contribution < 1.29 is 9.47 Å². The number of halogens is 1. The number of ether oxygens (including phenoxy) is 2. The van der Waals surface area contributed by atoms with E-state index in [1.54, 1.807) is 5.56 Å². The zero-order valence-electron chi connectivity index (χ0n) is 24.8. The molecule has 38 heavy (non-hydrogen) atoms. The lowest BCUT2D eigenvalue weighted by Gasteiger charge is -2.47. The molecule has 0 N–H and O–H groups in total. The number of hydrogen-bond donors (Lipinski definition) is 0. The summed E-state index contributed by atoms with van der Waals surface area (Å²) in [5.74, 6) is 1.45. The van der Waals surface area contributed by atoms with Gasteiger partial charge in [-0.05, 0) is 91.4 Å². The van der Waals surface area contributed by atoms with Crippen LogP contribution in [0.1, 0.15) is 84.1 Å². The molecular formula is C32H54ClN3O2. The van der Waals surface area contributed by atoms with Crippen molar-refractivity contribution >= 4 is 23.8 Å². The van der Waals surface area contributed by atoms with E-state index < -0.39 is 0 Å². The van der Waals surface area contributed by atoms with Gasteiger partial charge in [0.1, 0.15) is 0 Å². The van der Waals surface area contributed by atoms with E-state index in [0.717, 1.165) is 58.2 Å². The summed E-state index contributed by atoms with van der Waals surface area (Å²) in [6, 6.07) is 7.49. The van der Waals surface area contributed by atoms with Gasteiger partial charge in [-0.15, -0.1) is 12.4 Å². The molecule has 0 atom stereocenters. The van der Waals surface area contributed by atoms with Crippen LogP contribution in [0.5, 0.6) is 0 Å². The Balaban J connectivity index is 0.00000336. The Morgan fingerprint density at radius 1 is 0.842 bits per heavy atom. The molecule has 5 nitrogen and oxygen atoms in total. The second-order valence-corrected chi connectivity index (χ2v) is 14.1. The first-order chi connectivity index (χ1) is 17.7. The summed E-state index contributed by atoms with van der Waals surface area (Å²) in [5.41, 5.74) is 5.33. The lowest BCUT2D eigenvalue weighted by atomic mass is 9.60. The summed E-state index contributed by atoms with van der Waals surface area (Å²) in [6.07, 6.45) is 9.07. The van der Waals surface area contributed by atoms with Gasteiger partial charge >= 0.3 is 0 Å². The standard InChI is InChI=1S/C32H53N3O2.ClH/c1-31(2)21-26(22-32(3,4)24-31)29-20-27(34-12-8-28(36-5)9-13-34)6-7-30(29)35-16-14-33(15-17-35)23-25-10-18-37-19-11-25;/h6-7,20,25-26,28H,8-19,21-24H2,1-5H3;1H. The average Bonchev–Trinajstić information content (AvgIpc) is 2.88. The highest BCUT2D eigenvalue weighted by molar-refractivity contribution is 5.85. The second-order valence-electron chi connectivity index (χ2n) is 14.1. The van der Waals surface area contributed by atoms with E-state index in [9.17, 15) is 0 Å². The highest BCUT2D eigenvalue weighted by Crippen LogP contribution is 2.53. The van der Waals surface area contributed by atoms with Gasteiger partial charge in [-0.1, -0.05) is 27.7 Å². The van der Waals surface area contributed by atoms with Crippen LogP contribution in [0.15, 0.2) is 18.2 Å². The van der Waals surface area contributed by atoms with E-state index in [4.69, 9.17) is 9.47 Å². The molecule has 3 saturated heterocycles. The molecule has 216 valence electrons. The van der Waals surface area contributed by atoms with Crippen LogP contribution >= 0.6 is 12.4 Å². The minimum absolute atomic E-state index is 0.